The van der Waals surface area contributed by atoms with E-state index >= 15 is 0 Å². The van der Waals surface area contributed by atoms with Gasteiger partial charge in [0.15, 0.2) is 0 Å². The van der Waals surface area contributed by atoms with E-state index in [-0.39, 0.29) is 30.8 Å². The van der Waals surface area contributed by atoms with Crippen LogP contribution in [0.4, 0.5) is 4.79 Å². The van der Waals surface area contributed by atoms with Crippen molar-refractivity contribution in [2.75, 3.05) is 6.61 Å². The first kappa shape index (κ1) is 26.3. The van der Waals surface area contributed by atoms with Crippen LogP contribution in [0.15, 0.2) is 48.5 Å². The van der Waals surface area contributed by atoms with Crippen LogP contribution in [0.5, 0.6) is 0 Å². The molecule has 0 aliphatic heterocycles. The second-order valence-corrected chi connectivity index (χ2v) is 9.62. The molecule has 0 fully saturated rings. The highest BCUT2D eigenvalue weighted by Gasteiger charge is 2.31. The van der Waals surface area contributed by atoms with E-state index in [4.69, 9.17) is 4.74 Å². The number of fused-ring (bicyclic) bond motifs is 3. The number of carbonyl (C=O) groups excluding carboxylic acids is 2. The zero-order chi connectivity index (χ0) is 25.5. The van der Waals surface area contributed by atoms with Crippen LogP contribution in [-0.4, -0.2) is 41.8 Å². The zero-order valence-corrected chi connectivity index (χ0v) is 20.9. The van der Waals surface area contributed by atoms with Crippen LogP contribution in [0, 0.1) is 11.8 Å². The Morgan fingerprint density at radius 1 is 0.943 bits per heavy atom. The van der Waals surface area contributed by atoms with Crippen molar-refractivity contribution in [3.8, 4) is 11.1 Å². The number of hydrogen-bond donors (Lipinski definition) is 3. The fourth-order valence-corrected chi connectivity index (χ4v) is 5.08. The van der Waals surface area contributed by atoms with Gasteiger partial charge in [-0.15, -0.1) is 0 Å². The molecule has 188 valence electrons. The first-order chi connectivity index (χ1) is 16.7. The Morgan fingerprint density at radius 2 is 1.51 bits per heavy atom. The number of carbonyl (C=O) groups is 3. The summed E-state index contributed by atoms with van der Waals surface area (Å²) >= 11 is 0. The number of amides is 2. The third kappa shape index (κ3) is 6.41. The summed E-state index contributed by atoms with van der Waals surface area (Å²) < 4.78 is 5.62. The quantitative estimate of drug-likeness (QED) is 0.422. The van der Waals surface area contributed by atoms with E-state index < -0.39 is 30.1 Å². The first-order valence-electron chi connectivity index (χ1n) is 12.4. The van der Waals surface area contributed by atoms with Gasteiger partial charge < -0.3 is 20.5 Å². The maximum atomic E-state index is 12.7. The normalized spacial score (nSPS) is 15.0. The molecule has 1 aliphatic rings. The predicted molar refractivity (Wildman–Crippen MR) is 135 cm³/mol. The van der Waals surface area contributed by atoms with Crippen molar-refractivity contribution < 1.29 is 24.2 Å². The Kier molecular flexibility index (Phi) is 8.90. The number of alkyl carbamates (subject to hydrolysis) is 1. The molecule has 0 radical (unpaired) electrons. The molecule has 1 aliphatic carbocycles. The standard InChI is InChI=1S/C28H36N2O5/c1-5-10-19(15-25(31)29-18(4)26(17(2)3)27(32)33)30-28(34)35-16-24-22-13-8-6-11-20(22)21-12-7-9-14-23(21)24/h6-9,11-14,17-19,24,26H,5,10,15-16H2,1-4H3,(H,29,31)(H,30,34)(H,32,33)/t18?,19-,26?/m1/s1. The van der Waals surface area contributed by atoms with Crippen LogP contribution in [0.3, 0.4) is 0 Å². The molecule has 0 bridgehead atoms. The summed E-state index contributed by atoms with van der Waals surface area (Å²) in [6.45, 7) is 7.52. The Morgan fingerprint density at radius 3 is 2.03 bits per heavy atom. The fourth-order valence-electron chi connectivity index (χ4n) is 5.08. The molecule has 0 spiro atoms. The number of nitrogens with one attached hydrogen (secondary N) is 2. The van der Waals surface area contributed by atoms with Gasteiger partial charge in [0.05, 0.1) is 5.92 Å². The van der Waals surface area contributed by atoms with E-state index in [2.05, 4.69) is 34.9 Å². The Bertz CT molecular complexity index is 1010. The van der Waals surface area contributed by atoms with Gasteiger partial charge in [-0.1, -0.05) is 75.7 Å². The number of ether oxygens (including phenoxy) is 1. The van der Waals surface area contributed by atoms with Crippen LogP contribution in [-0.2, 0) is 14.3 Å². The Hall–Kier alpha value is -3.35. The molecule has 2 aromatic rings. The lowest BCUT2D eigenvalue weighted by atomic mass is 9.89. The number of rotatable bonds is 11. The first-order valence-corrected chi connectivity index (χ1v) is 12.4. The van der Waals surface area contributed by atoms with E-state index in [9.17, 15) is 19.5 Å². The van der Waals surface area contributed by atoms with Gasteiger partial charge in [0.1, 0.15) is 6.61 Å². The summed E-state index contributed by atoms with van der Waals surface area (Å²) in [6, 6.07) is 15.4. The molecule has 0 saturated carbocycles. The maximum Gasteiger partial charge on any atom is 0.407 e. The van der Waals surface area contributed by atoms with Crippen molar-refractivity contribution >= 4 is 18.0 Å². The highest BCUT2D eigenvalue weighted by atomic mass is 16.5. The molecule has 0 aromatic heterocycles. The number of benzene rings is 2. The third-order valence-corrected chi connectivity index (χ3v) is 6.67. The van der Waals surface area contributed by atoms with Crippen LogP contribution < -0.4 is 10.6 Å². The Labute approximate surface area is 207 Å². The van der Waals surface area contributed by atoms with Gasteiger partial charge in [-0.2, -0.15) is 0 Å². The minimum Gasteiger partial charge on any atom is -0.481 e. The highest BCUT2D eigenvalue weighted by molar-refractivity contribution is 5.80. The van der Waals surface area contributed by atoms with E-state index in [0.717, 1.165) is 28.7 Å². The van der Waals surface area contributed by atoms with Crippen molar-refractivity contribution in [2.24, 2.45) is 11.8 Å². The lowest BCUT2D eigenvalue weighted by Gasteiger charge is -2.25. The number of hydrogen-bond acceptors (Lipinski definition) is 4. The van der Waals surface area contributed by atoms with Crippen LogP contribution in [0.2, 0.25) is 0 Å². The average molecular weight is 481 g/mol. The lowest BCUT2D eigenvalue weighted by Crippen LogP contribution is -2.46. The zero-order valence-electron chi connectivity index (χ0n) is 20.9. The summed E-state index contributed by atoms with van der Waals surface area (Å²) in [5.41, 5.74) is 4.59. The van der Waals surface area contributed by atoms with Gasteiger partial charge in [-0.25, -0.2) is 4.79 Å². The van der Waals surface area contributed by atoms with E-state index in [1.165, 1.54) is 0 Å². The molecule has 0 saturated heterocycles. The third-order valence-electron chi connectivity index (χ3n) is 6.67. The molecule has 7 heteroatoms. The van der Waals surface area contributed by atoms with Gasteiger partial charge in [0.2, 0.25) is 5.91 Å². The van der Waals surface area contributed by atoms with Gasteiger partial charge in [0.25, 0.3) is 0 Å². The molecule has 2 amide bonds. The minimum atomic E-state index is -0.935. The van der Waals surface area contributed by atoms with E-state index in [1.54, 1.807) is 6.92 Å². The van der Waals surface area contributed by atoms with Gasteiger partial charge >= 0.3 is 12.1 Å². The summed E-state index contributed by atoms with van der Waals surface area (Å²) in [6.07, 6.45) is 0.892. The number of carboxylic acid groups (broad SMARTS) is 1. The molecular weight excluding hydrogens is 444 g/mol. The molecular formula is C28H36N2O5. The van der Waals surface area contributed by atoms with Gasteiger partial charge in [-0.3, -0.25) is 9.59 Å². The maximum absolute atomic E-state index is 12.7. The van der Waals surface area contributed by atoms with E-state index in [1.807, 2.05) is 45.0 Å². The topological polar surface area (TPSA) is 105 Å². The van der Waals surface area contributed by atoms with Crippen molar-refractivity contribution in [3.05, 3.63) is 59.7 Å². The second-order valence-electron chi connectivity index (χ2n) is 9.62. The predicted octanol–water partition coefficient (Wildman–Crippen LogP) is 4.95. The minimum absolute atomic E-state index is 0.0362. The lowest BCUT2D eigenvalue weighted by molar-refractivity contribution is -0.144. The molecule has 35 heavy (non-hydrogen) atoms. The van der Waals surface area contributed by atoms with Crippen molar-refractivity contribution in [1.29, 1.82) is 0 Å². The molecule has 7 nitrogen and oxygen atoms in total. The molecule has 3 N–H and O–H groups in total. The average Bonchev–Trinajstić information content (AvgIpc) is 3.11. The molecule has 3 rings (SSSR count). The molecule has 2 aromatic carbocycles. The molecule has 0 heterocycles. The largest absolute Gasteiger partial charge is 0.481 e. The number of carboxylic acids is 1. The van der Waals surface area contributed by atoms with Crippen LogP contribution >= 0.6 is 0 Å². The SMILES string of the molecule is CCC[C@H](CC(=O)NC(C)C(C(=O)O)C(C)C)NC(=O)OCC1c2ccccc2-c2ccccc21. The summed E-state index contributed by atoms with van der Waals surface area (Å²) in [7, 11) is 0. The monoisotopic (exact) mass is 480 g/mol. The summed E-state index contributed by atoms with van der Waals surface area (Å²) in [5, 5.41) is 15.1. The molecule has 2 unspecified atom stereocenters. The van der Waals surface area contributed by atoms with Crippen molar-refractivity contribution in [3.63, 3.8) is 0 Å². The van der Waals surface area contributed by atoms with Crippen molar-refractivity contribution in [1.82, 2.24) is 10.6 Å². The smallest absolute Gasteiger partial charge is 0.407 e. The summed E-state index contributed by atoms with van der Waals surface area (Å²) in [4.78, 5) is 36.8. The Balaban J connectivity index is 1.58. The highest BCUT2D eigenvalue weighted by Crippen LogP contribution is 2.44. The van der Waals surface area contributed by atoms with Gasteiger partial charge in [0, 0.05) is 24.4 Å². The fraction of sp³-hybridized carbons (Fsp3) is 0.464. The van der Waals surface area contributed by atoms with Gasteiger partial charge in [-0.05, 0) is 41.5 Å². The van der Waals surface area contributed by atoms with Crippen LogP contribution in [0.1, 0.15) is 64.0 Å². The van der Waals surface area contributed by atoms with Crippen LogP contribution in [0.25, 0.3) is 11.1 Å². The summed E-state index contributed by atoms with van der Waals surface area (Å²) in [5.74, 6) is -2.06. The van der Waals surface area contributed by atoms with Crippen molar-refractivity contribution in [2.45, 2.75) is 65.0 Å². The van der Waals surface area contributed by atoms with E-state index in [0.29, 0.717) is 6.42 Å². The molecule has 3 atom stereocenters. The number of aliphatic carboxylic acids is 1. The second kappa shape index (κ2) is 11.9.